The van der Waals surface area contributed by atoms with E-state index in [0.717, 1.165) is 18.1 Å². The van der Waals surface area contributed by atoms with Crippen LogP contribution in [0, 0.1) is 6.92 Å². The summed E-state index contributed by atoms with van der Waals surface area (Å²) in [5.41, 5.74) is 0.135. The quantitative estimate of drug-likeness (QED) is 0.672. The van der Waals surface area contributed by atoms with Gasteiger partial charge in [-0.25, -0.2) is 4.98 Å². The van der Waals surface area contributed by atoms with Crippen molar-refractivity contribution in [3.8, 4) is 0 Å². The number of rotatable bonds is 2. The third-order valence-electron chi connectivity index (χ3n) is 2.36. The van der Waals surface area contributed by atoms with E-state index in [1.165, 1.54) is 0 Å². The van der Waals surface area contributed by atoms with E-state index < -0.39 is 0 Å². The summed E-state index contributed by atoms with van der Waals surface area (Å²) in [6.07, 6.45) is 1.08. The first kappa shape index (κ1) is 9.23. The zero-order chi connectivity index (χ0) is 9.35. The summed E-state index contributed by atoms with van der Waals surface area (Å²) in [5.74, 6) is 1.93. The Kier molecular flexibility index (Phi) is 2.22. The van der Waals surface area contributed by atoms with Crippen LogP contribution in [0.1, 0.15) is 38.8 Å². The van der Waals surface area contributed by atoms with E-state index in [0.29, 0.717) is 0 Å². The van der Waals surface area contributed by atoms with Gasteiger partial charge in [0, 0.05) is 12.5 Å². The number of aryl methyl sites for hydroxylation is 2. The van der Waals surface area contributed by atoms with Gasteiger partial charge in [0.25, 0.3) is 0 Å². The van der Waals surface area contributed by atoms with Crippen LogP contribution in [0.4, 0.5) is 0 Å². The Labute approximate surface area is 73.8 Å². The van der Waals surface area contributed by atoms with E-state index in [9.17, 15) is 0 Å². The number of hydrogen-bond donors (Lipinski definition) is 0. The van der Waals surface area contributed by atoms with Crippen LogP contribution >= 0.6 is 0 Å². The molecule has 0 spiro atoms. The molecule has 0 radical (unpaired) electrons. The van der Waals surface area contributed by atoms with Crippen LogP contribution in [0.5, 0.6) is 0 Å². The van der Waals surface area contributed by atoms with Crippen molar-refractivity contribution in [3.63, 3.8) is 0 Å². The van der Waals surface area contributed by atoms with Gasteiger partial charge in [-0.15, -0.1) is 0 Å². The maximum Gasteiger partial charge on any atom is 0.147 e. The van der Waals surface area contributed by atoms with E-state index in [2.05, 4.69) is 30.9 Å². The minimum Gasteiger partial charge on any atom is -0.252 e. The predicted octanol–water partition coefficient (Wildman–Crippen LogP) is 1.81. The maximum atomic E-state index is 4.40. The Balaban J connectivity index is 3.09. The minimum absolute atomic E-state index is 0.135. The van der Waals surface area contributed by atoms with Crippen molar-refractivity contribution in [2.24, 2.45) is 7.05 Å². The molecule has 0 N–H and O–H groups in total. The molecule has 1 heterocycles. The van der Waals surface area contributed by atoms with Crippen molar-refractivity contribution in [2.75, 3.05) is 0 Å². The zero-order valence-electron chi connectivity index (χ0n) is 8.55. The predicted molar refractivity (Wildman–Crippen MR) is 49.1 cm³/mol. The summed E-state index contributed by atoms with van der Waals surface area (Å²) >= 11 is 0. The Morgan fingerprint density at radius 3 is 2.33 bits per heavy atom. The van der Waals surface area contributed by atoms with Gasteiger partial charge in [-0.3, -0.25) is 4.68 Å². The molecule has 0 bridgehead atoms. The fourth-order valence-electron chi connectivity index (χ4n) is 1.26. The molecule has 68 valence electrons. The second-order valence-electron chi connectivity index (χ2n) is 3.84. The van der Waals surface area contributed by atoms with E-state index in [4.69, 9.17) is 0 Å². The molecule has 1 rings (SSSR count). The molecule has 0 fully saturated rings. The molecule has 0 amide bonds. The highest BCUT2D eigenvalue weighted by Gasteiger charge is 2.23. The van der Waals surface area contributed by atoms with Crippen molar-refractivity contribution < 1.29 is 0 Å². The second kappa shape index (κ2) is 2.88. The van der Waals surface area contributed by atoms with Crippen LogP contribution in [-0.2, 0) is 12.5 Å². The van der Waals surface area contributed by atoms with Crippen molar-refractivity contribution in [3.05, 3.63) is 11.6 Å². The molecule has 1 aromatic rings. The van der Waals surface area contributed by atoms with Gasteiger partial charge in [-0.2, -0.15) is 5.10 Å². The van der Waals surface area contributed by atoms with Crippen LogP contribution in [0.2, 0.25) is 0 Å². The first-order chi connectivity index (χ1) is 5.47. The molecule has 3 heteroatoms. The highest BCUT2D eigenvalue weighted by atomic mass is 15.3. The first-order valence-electron chi connectivity index (χ1n) is 4.35. The van der Waals surface area contributed by atoms with Crippen molar-refractivity contribution >= 4 is 0 Å². The van der Waals surface area contributed by atoms with E-state index in [-0.39, 0.29) is 5.41 Å². The molecule has 0 aliphatic heterocycles. The Morgan fingerprint density at radius 2 is 2.00 bits per heavy atom. The normalized spacial score (nSPS) is 12.1. The van der Waals surface area contributed by atoms with Crippen molar-refractivity contribution in [2.45, 2.75) is 39.5 Å². The average Bonchev–Trinajstić information content (AvgIpc) is 2.31. The van der Waals surface area contributed by atoms with Crippen LogP contribution in [-0.4, -0.2) is 14.8 Å². The van der Waals surface area contributed by atoms with Gasteiger partial charge in [0.05, 0.1) is 0 Å². The Morgan fingerprint density at radius 1 is 1.42 bits per heavy atom. The van der Waals surface area contributed by atoms with E-state index >= 15 is 0 Å². The van der Waals surface area contributed by atoms with Gasteiger partial charge in [0.15, 0.2) is 0 Å². The summed E-state index contributed by atoms with van der Waals surface area (Å²) in [6.45, 7) is 8.48. The summed E-state index contributed by atoms with van der Waals surface area (Å²) in [4.78, 5) is 4.40. The SMILES string of the molecule is CCC(C)(C)c1nc(C)nn1C. The molecule has 12 heavy (non-hydrogen) atoms. The summed E-state index contributed by atoms with van der Waals surface area (Å²) in [6, 6.07) is 0. The molecular formula is C9H17N3. The number of nitrogens with zero attached hydrogens (tertiary/aromatic N) is 3. The lowest BCUT2D eigenvalue weighted by Crippen LogP contribution is -2.21. The lowest BCUT2D eigenvalue weighted by Gasteiger charge is -2.20. The lowest BCUT2D eigenvalue weighted by atomic mass is 9.89. The smallest absolute Gasteiger partial charge is 0.147 e. The number of aromatic nitrogens is 3. The van der Waals surface area contributed by atoms with Crippen LogP contribution in [0.15, 0.2) is 0 Å². The lowest BCUT2D eigenvalue weighted by molar-refractivity contribution is 0.447. The van der Waals surface area contributed by atoms with Crippen LogP contribution < -0.4 is 0 Å². The Hall–Kier alpha value is -0.860. The minimum atomic E-state index is 0.135. The molecule has 0 saturated heterocycles. The highest BCUT2D eigenvalue weighted by Crippen LogP contribution is 2.23. The van der Waals surface area contributed by atoms with Gasteiger partial charge < -0.3 is 0 Å². The number of hydrogen-bond acceptors (Lipinski definition) is 2. The molecule has 0 aromatic carbocycles. The van der Waals surface area contributed by atoms with Gasteiger partial charge in [0.1, 0.15) is 11.6 Å². The fraction of sp³-hybridized carbons (Fsp3) is 0.778. The van der Waals surface area contributed by atoms with E-state index in [1.54, 1.807) is 0 Å². The molecule has 1 aromatic heterocycles. The first-order valence-corrected chi connectivity index (χ1v) is 4.35. The molecule has 0 aliphatic rings. The van der Waals surface area contributed by atoms with Crippen molar-refractivity contribution in [1.82, 2.24) is 14.8 Å². The monoisotopic (exact) mass is 167 g/mol. The van der Waals surface area contributed by atoms with Crippen molar-refractivity contribution in [1.29, 1.82) is 0 Å². The fourth-order valence-corrected chi connectivity index (χ4v) is 1.26. The van der Waals surface area contributed by atoms with E-state index in [1.807, 2.05) is 18.7 Å². The van der Waals surface area contributed by atoms with Crippen LogP contribution in [0.3, 0.4) is 0 Å². The highest BCUT2D eigenvalue weighted by molar-refractivity contribution is 5.04. The van der Waals surface area contributed by atoms with Gasteiger partial charge in [0.2, 0.25) is 0 Å². The molecule has 0 atom stereocenters. The standard InChI is InChI=1S/C9H17N3/c1-6-9(3,4)8-10-7(2)11-12(8)5/h6H2,1-5H3. The Bertz CT molecular complexity index is 273. The van der Waals surface area contributed by atoms with Gasteiger partial charge in [-0.1, -0.05) is 20.8 Å². The summed E-state index contributed by atoms with van der Waals surface area (Å²) in [5, 5.41) is 4.23. The van der Waals surface area contributed by atoms with Crippen LogP contribution in [0.25, 0.3) is 0 Å². The largest absolute Gasteiger partial charge is 0.252 e. The second-order valence-corrected chi connectivity index (χ2v) is 3.84. The third-order valence-corrected chi connectivity index (χ3v) is 2.36. The van der Waals surface area contributed by atoms with Gasteiger partial charge in [-0.05, 0) is 13.3 Å². The molecule has 0 aliphatic carbocycles. The summed E-state index contributed by atoms with van der Waals surface area (Å²) < 4.78 is 1.87. The zero-order valence-corrected chi connectivity index (χ0v) is 8.55. The summed E-state index contributed by atoms with van der Waals surface area (Å²) in [7, 11) is 1.95. The molecule has 3 nitrogen and oxygen atoms in total. The maximum absolute atomic E-state index is 4.40. The average molecular weight is 167 g/mol. The third kappa shape index (κ3) is 1.49. The molecule has 0 saturated carbocycles. The van der Waals surface area contributed by atoms with Gasteiger partial charge >= 0.3 is 0 Å². The molecular weight excluding hydrogens is 150 g/mol. The topological polar surface area (TPSA) is 30.7 Å². The molecule has 0 unspecified atom stereocenters.